The van der Waals surface area contributed by atoms with Crippen molar-refractivity contribution in [2.75, 3.05) is 11.9 Å². The van der Waals surface area contributed by atoms with E-state index in [1.54, 1.807) is 0 Å². The van der Waals surface area contributed by atoms with Crippen molar-refractivity contribution in [1.82, 2.24) is 0 Å². The highest BCUT2D eigenvalue weighted by Crippen LogP contribution is 2.24. The Labute approximate surface area is 130 Å². The molecular weight excluding hydrogens is 288 g/mol. The Morgan fingerprint density at radius 2 is 1.95 bits per heavy atom. The number of hydrogen-bond acceptors (Lipinski definition) is 2. The average molecular weight is 305 g/mol. The van der Waals surface area contributed by atoms with E-state index in [1.807, 2.05) is 44.3 Å². The largest absolute Gasteiger partial charge is 0.389 e. The van der Waals surface area contributed by atoms with E-state index in [0.29, 0.717) is 11.5 Å². The molecule has 0 spiro atoms. The predicted octanol–water partition coefficient (Wildman–Crippen LogP) is 3.92. The zero-order chi connectivity index (χ0) is 14.7. The molecular formula is C16H17ClN2S. The van der Waals surface area contributed by atoms with Crippen molar-refractivity contribution in [3.63, 3.8) is 0 Å². The molecule has 2 rings (SSSR count). The van der Waals surface area contributed by atoms with E-state index in [9.17, 15) is 0 Å². The van der Waals surface area contributed by atoms with Gasteiger partial charge in [-0.25, -0.2) is 0 Å². The summed E-state index contributed by atoms with van der Waals surface area (Å²) in [4.78, 5) is 2.51. The minimum Gasteiger partial charge on any atom is -0.389 e. The van der Waals surface area contributed by atoms with Crippen molar-refractivity contribution in [3.05, 3.63) is 64.2 Å². The van der Waals surface area contributed by atoms with Crippen LogP contribution in [0.5, 0.6) is 0 Å². The molecule has 4 heteroatoms. The van der Waals surface area contributed by atoms with Gasteiger partial charge in [-0.15, -0.1) is 0 Å². The Hall–Kier alpha value is -1.58. The number of rotatable bonds is 4. The number of para-hydroxylation sites is 1. The van der Waals surface area contributed by atoms with Gasteiger partial charge in [0.25, 0.3) is 0 Å². The van der Waals surface area contributed by atoms with Gasteiger partial charge in [-0.2, -0.15) is 0 Å². The van der Waals surface area contributed by atoms with Gasteiger partial charge in [0.2, 0.25) is 0 Å². The number of aryl methyl sites for hydroxylation is 1. The third-order valence-corrected chi connectivity index (χ3v) is 3.77. The molecule has 2 aromatic carbocycles. The van der Waals surface area contributed by atoms with E-state index in [2.05, 4.69) is 17.0 Å². The van der Waals surface area contributed by atoms with Crippen LogP contribution in [0.25, 0.3) is 0 Å². The van der Waals surface area contributed by atoms with Gasteiger partial charge in [0.15, 0.2) is 0 Å². The summed E-state index contributed by atoms with van der Waals surface area (Å²) in [5, 5.41) is 0.782. The van der Waals surface area contributed by atoms with Crippen LogP contribution in [-0.4, -0.2) is 12.0 Å². The highest BCUT2D eigenvalue weighted by molar-refractivity contribution is 7.80. The van der Waals surface area contributed by atoms with Gasteiger partial charge in [0, 0.05) is 29.9 Å². The quantitative estimate of drug-likeness (QED) is 0.868. The van der Waals surface area contributed by atoms with E-state index in [0.717, 1.165) is 27.4 Å². The molecule has 0 saturated heterocycles. The van der Waals surface area contributed by atoms with Gasteiger partial charge in [0.05, 0.1) is 0 Å². The monoisotopic (exact) mass is 304 g/mol. The summed E-state index contributed by atoms with van der Waals surface area (Å²) < 4.78 is 0. The molecule has 104 valence electrons. The van der Waals surface area contributed by atoms with Crippen LogP contribution < -0.4 is 10.6 Å². The second kappa shape index (κ2) is 6.25. The van der Waals surface area contributed by atoms with Crippen molar-refractivity contribution in [3.8, 4) is 0 Å². The van der Waals surface area contributed by atoms with E-state index in [4.69, 9.17) is 29.6 Å². The first-order chi connectivity index (χ1) is 9.49. The molecule has 0 aliphatic heterocycles. The molecule has 0 aromatic heterocycles. The molecule has 2 aromatic rings. The maximum Gasteiger partial charge on any atom is 0.106 e. The molecule has 0 bridgehead atoms. The fraction of sp³-hybridized carbons (Fsp3) is 0.188. The van der Waals surface area contributed by atoms with Crippen LogP contribution in [-0.2, 0) is 6.54 Å². The lowest BCUT2D eigenvalue weighted by Crippen LogP contribution is -2.21. The number of anilines is 1. The minimum absolute atomic E-state index is 0.405. The molecule has 0 atom stereocenters. The van der Waals surface area contributed by atoms with Crippen molar-refractivity contribution in [2.24, 2.45) is 5.73 Å². The molecule has 2 N–H and O–H groups in total. The molecule has 0 saturated carbocycles. The highest BCUT2D eigenvalue weighted by Gasteiger charge is 2.10. The maximum atomic E-state index is 6.29. The van der Waals surface area contributed by atoms with E-state index < -0.39 is 0 Å². The summed E-state index contributed by atoms with van der Waals surface area (Å²) >= 11 is 11.4. The summed E-state index contributed by atoms with van der Waals surface area (Å²) in [6.07, 6.45) is 0. The molecule has 2 nitrogen and oxygen atoms in total. The topological polar surface area (TPSA) is 29.3 Å². The van der Waals surface area contributed by atoms with Crippen molar-refractivity contribution >= 4 is 34.5 Å². The Kier molecular flexibility index (Phi) is 4.63. The SMILES string of the molecule is Cc1ccc(CN(C)c2ccccc2C(N)=S)c(Cl)c1. The fourth-order valence-corrected chi connectivity index (χ4v) is 2.60. The third kappa shape index (κ3) is 3.30. The number of hydrogen-bond donors (Lipinski definition) is 1. The number of benzene rings is 2. The van der Waals surface area contributed by atoms with Crippen molar-refractivity contribution in [1.29, 1.82) is 0 Å². The minimum atomic E-state index is 0.405. The first-order valence-corrected chi connectivity index (χ1v) is 7.12. The van der Waals surface area contributed by atoms with Gasteiger partial charge in [-0.1, -0.05) is 48.1 Å². The Balaban J connectivity index is 2.28. The molecule has 0 aliphatic carbocycles. The number of thiocarbonyl (C=S) groups is 1. The Morgan fingerprint density at radius 1 is 1.25 bits per heavy atom. The van der Waals surface area contributed by atoms with Crippen LogP contribution >= 0.6 is 23.8 Å². The van der Waals surface area contributed by atoms with Gasteiger partial charge in [-0.3, -0.25) is 0 Å². The van der Waals surface area contributed by atoms with Crippen molar-refractivity contribution in [2.45, 2.75) is 13.5 Å². The molecule has 0 fully saturated rings. The summed E-state index contributed by atoms with van der Waals surface area (Å²) in [7, 11) is 2.01. The molecule has 0 radical (unpaired) electrons. The molecule has 0 amide bonds. The van der Waals surface area contributed by atoms with Crippen LogP contribution in [0.15, 0.2) is 42.5 Å². The molecule has 0 unspecified atom stereocenters. The molecule has 20 heavy (non-hydrogen) atoms. The Bertz CT molecular complexity index is 640. The third-order valence-electron chi connectivity index (χ3n) is 3.20. The summed E-state index contributed by atoms with van der Waals surface area (Å²) in [6.45, 7) is 2.74. The smallest absolute Gasteiger partial charge is 0.106 e. The fourth-order valence-electron chi connectivity index (χ4n) is 2.14. The molecule has 0 heterocycles. The first-order valence-electron chi connectivity index (χ1n) is 6.34. The van der Waals surface area contributed by atoms with E-state index in [1.165, 1.54) is 0 Å². The van der Waals surface area contributed by atoms with Crippen LogP contribution in [0.3, 0.4) is 0 Å². The van der Waals surface area contributed by atoms with E-state index >= 15 is 0 Å². The average Bonchev–Trinajstić information content (AvgIpc) is 2.41. The number of halogens is 1. The first kappa shape index (κ1) is 14.8. The van der Waals surface area contributed by atoms with E-state index in [-0.39, 0.29) is 0 Å². The summed E-state index contributed by atoms with van der Waals surface area (Å²) in [5.41, 5.74) is 9.91. The van der Waals surface area contributed by atoms with Crippen LogP contribution in [0, 0.1) is 6.92 Å². The zero-order valence-electron chi connectivity index (χ0n) is 11.6. The summed E-state index contributed by atoms with van der Waals surface area (Å²) in [6, 6.07) is 14.0. The number of nitrogens with two attached hydrogens (primary N) is 1. The lowest BCUT2D eigenvalue weighted by atomic mass is 10.1. The highest BCUT2D eigenvalue weighted by atomic mass is 35.5. The van der Waals surface area contributed by atoms with Gasteiger partial charge < -0.3 is 10.6 Å². The van der Waals surface area contributed by atoms with Gasteiger partial charge >= 0.3 is 0 Å². The van der Waals surface area contributed by atoms with Gasteiger partial charge in [-0.05, 0) is 36.2 Å². The predicted molar refractivity (Wildman–Crippen MR) is 90.6 cm³/mol. The van der Waals surface area contributed by atoms with Crippen LogP contribution in [0.4, 0.5) is 5.69 Å². The van der Waals surface area contributed by atoms with Crippen molar-refractivity contribution < 1.29 is 0 Å². The van der Waals surface area contributed by atoms with Crippen LogP contribution in [0.1, 0.15) is 16.7 Å². The maximum absolute atomic E-state index is 6.29. The standard InChI is InChI=1S/C16H17ClN2S/c1-11-7-8-12(14(17)9-11)10-19(2)15-6-4-3-5-13(15)16(18)20/h3-9H,10H2,1-2H3,(H2,18,20). The Morgan fingerprint density at radius 3 is 2.60 bits per heavy atom. The second-order valence-electron chi connectivity index (χ2n) is 4.83. The second-order valence-corrected chi connectivity index (χ2v) is 5.68. The normalized spacial score (nSPS) is 10.3. The lowest BCUT2D eigenvalue weighted by molar-refractivity contribution is 0.921. The lowest BCUT2D eigenvalue weighted by Gasteiger charge is -2.23. The molecule has 0 aliphatic rings. The zero-order valence-corrected chi connectivity index (χ0v) is 13.1. The van der Waals surface area contributed by atoms with Crippen LogP contribution in [0.2, 0.25) is 5.02 Å². The number of nitrogens with zero attached hydrogens (tertiary/aromatic N) is 1. The van der Waals surface area contributed by atoms with Gasteiger partial charge in [0.1, 0.15) is 4.99 Å². The summed E-state index contributed by atoms with van der Waals surface area (Å²) in [5.74, 6) is 0.